The summed E-state index contributed by atoms with van der Waals surface area (Å²) in [5.41, 5.74) is 1.63. The number of aromatic nitrogens is 2. The van der Waals surface area contributed by atoms with Crippen molar-refractivity contribution in [1.82, 2.24) is 14.9 Å². The van der Waals surface area contributed by atoms with E-state index in [1.54, 1.807) is 34.4 Å². The fourth-order valence-corrected chi connectivity index (χ4v) is 5.05. The maximum atomic E-state index is 13.1. The van der Waals surface area contributed by atoms with E-state index in [0.717, 1.165) is 17.7 Å². The average molecular weight is 416 g/mol. The molecule has 3 aromatic rings. The first-order valence-electron chi connectivity index (χ1n) is 9.54. The van der Waals surface area contributed by atoms with E-state index in [4.69, 9.17) is 11.6 Å². The molecule has 28 heavy (non-hydrogen) atoms. The standard InChI is InChI=1S/C21H22ClN3O2S/c1-3-25(21(27)18-9-13-8-12(2)4-7-17(13)28-18)11-19-23-16-10-14(22)5-6-15(16)20(26)24-19/h5-6,9-10,12H,3-4,7-8,11H2,1-2H3,(H,23,24,26)/t12-/m0/s1. The number of benzene rings is 1. The number of carbonyl (C=O) groups excluding carboxylic acids is 1. The normalized spacial score (nSPS) is 16.2. The van der Waals surface area contributed by atoms with Gasteiger partial charge in [-0.05, 0) is 61.9 Å². The predicted octanol–water partition coefficient (Wildman–Crippen LogP) is 4.43. The van der Waals surface area contributed by atoms with Crippen LogP contribution in [0.4, 0.5) is 0 Å². The summed E-state index contributed by atoms with van der Waals surface area (Å²) in [5.74, 6) is 1.12. The summed E-state index contributed by atoms with van der Waals surface area (Å²) in [6, 6.07) is 7.05. The molecule has 0 bridgehead atoms. The zero-order valence-corrected chi connectivity index (χ0v) is 17.5. The monoisotopic (exact) mass is 415 g/mol. The summed E-state index contributed by atoms with van der Waals surface area (Å²) in [4.78, 5) is 36.5. The third-order valence-corrected chi connectivity index (χ3v) is 6.73. The highest BCUT2D eigenvalue weighted by atomic mass is 35.5. The van der Waals surface area contributed by atoms with Gasteiger partial charge in [0.2, 0.25) is 0 Å². The van der Waals surface area contributed by atoms with Gasteiger partial charge in [0.05, 0.1) is 22.3 Å². The first kappa shape index (κ1) is 19.2. The van der Waals surface area contributed by atoms with Crippen molar-refractivity contribution in [1.29, 1.82) is 0 Å². The van der Waals surface area contributed by atoms with Crippen LogP contribution in [0.2, 0.25) is 5.02 Å². The molecule has 1 N–H and O–H groups in total. The van der Waals surface area contributed by atoms with Gasteiger partial charge in [-0.3, -0.25) is 9.59 Å². The maximum absolute atomic E-state index is 13.1. The van der Waals surface area contributed by atoms with Crippen LogP contribution in [-0.4, -0.2) is 27.3 Å². The molecule has 0 radical (unpaired) electrons. The molecule has 1 atom stereocenters. The Kier molecular flexibility index (Phi) is 5.25. The number of hydrogen-bond acceptors (Lipinski definition) is 4. The SMILES string of the molecule is CCN(Cc1nc2cc(Cl)ccc2c(=O)[nH]1)C(=O)c1cc2c(s1)CC[C@H](C)C2. The fourth-order valence-electron chi connectivity index (χ4n) is 3.71. The lowest BCUT2D eigenvalue weighted by Gasteiger charge is -2.19. The largest absolute Gasteiger partial charge is 0.331 e. The number of halogens is 1. The van der Waals surface area contributed by atoms with Crippen LogP contribution in [0.25, 0.3) is 10.9 Å². The highest BCUT2D eigenvalue weighted by Gasteiger charge is 2.23. The molecule has 5 nitrogen and oxygen atoms in total. The Labute approximate surface area is 172 Å². The second kappa shape index (κ2) is 7.68. The minimum absolute atomic E-state index is 0.0107. The molecule has 0 fully saturated rings. The molecule has 1 amide bonds. The molecule has 146 valence electrons. The molecule has 2 heterocycles. The molecule has 4 rings (SSSR count). The van der Waals surface area contributed by atoms with Crippen LogP contribution >= 0.6 is 22.9 Å². The van der Waals surface area contributed by atoms with E-state index in [-0.39, 0.29) is 18.0 Å². The van der Waals surface area contributed by atoms with Gasteiger partial charge in [-0.2, -0.15) is 0 Å². The summed E-state index contributed by atoms with van der Waals surface area (Å²) < 4.78 is 0. The van der Waals surface area contributed by atoms with Crippen LogP contribution in [0.3, 0.4) is 0 Å². The summed E-state index contributed by atoms with van der Waals surface area (Å²) >= 11 is 7.64. The number of hydrogen-bond donors (Lipinski definition) is 1. The van der Waals surface area contributed by atoms with E-state index < -0.39 is 0 Å². The highest BCUT2D eigenvalue weighted by Crippen LogP contribution is 2.32. The minimum Gasteiger partial charge on any atom is -0.331 e. The molecule has 7 heteroatoms. The number of nitrogens with one attached hydrogen (secondary N) is 1. The van der Waals surface area contributed by atoms with E-state index >= 15 is 0 Å². The second-order valence-corrected chi connectivity index (χ2v) is 8.97. The molecule has 1 aromatic carbocycles. The Morgan fingerprint density at radius 2 is 2.21 bits per heavy atom. The number of aryl methyl sites for hydroxylation is 1. The van der Waals surface area contributed by atoms with Gasteiger partial charge < -0.3 is 9.88 Å². The number of fused-ring (bicyclic) bond motifs is 2. The summed E-state index contributed by atoms with van der Waals surface area (Å²) in [6.07, 6.45) is 3.29. The van der Waals surface area contributed by atoms with Crippen molar-refractivity contribution in [2.24, 2.45) is 5.92 Å². The zero-order chi connectivity index (χ0) is 19.8. The predicted molar refractivity (Wildman–Crippen MR) is 113 cm³/mol. The van der Waals surface area contributed by atoms with E-state index in [0.29, 0.717) is 34.2 Å². The Balaban J connectivity index is 1.60. The van der Waals surface area contributed by atoms with Crippen LogP contribution < -0.4 is 5.56 Å². The Morgan fingerprint density at radius 3 is 3.00 bits per heavy atom. The first-order valence-corrected chi connectivity index (χ1v) is 10.7. The van der Waals surface area contributed by atoms with E-state index in [2.05, 4.69) is 23.0 Å². The van der Waals surface area contributed by atoms with Crippen molar-refractivity contribution in [2.75, 3.05) is 6.54 Å². The number of rotatable bonds is 4. The molecule has 0 aliphatic heterocycles. The second-order valence-electron chi connectivity index (χ2n) is 7.40. The van der Waals surface area contributed by atoms with E-state index in [1.807, 2.05) is 6.92 Å². The van der Waals surface area contributed by atoms with Crippen molar-refractivity contribution in [2.45, 2.75) is 39.7 Å². The molecular formula is C21H22ClN3O2S. The molecule has 1 aliphatic carbocycles. The summed E-state index contributed by atoms with van der Waals surface area (Å²) in [5, 5.41) is 1.01. The number of nitrogens with zero attached hydrogens (tertiary/aromatic N) is 2. The van der Waals surface area contributed by atoms with Gasteiger partial charge in [-0.1, -0.05) is 18.5 Å². The van der Waals surface area contributed by atoms with Crippen molar-refractivity contribution >= 4 is 39.7 Å². The first-order chi connectivity index (χ1) is 13.4. The molecule has 0 saturated heterocycles. The van der Waals surface area contributed by atoms with E-state index in [9.17, 15) is 9.59 Å². The molecule has 1 aliphatic rings. The van der Waals surface area contributed by atoms with Crippen molar-refractivity contribution in [3.63, 3.8) is 0 Å². The van der Waals surface area contributed by atoms with Gasteiger partial charge in [0.25, 0.3) is 11.5 Å². The minimum atomic E-state index is -0.222. The fraction of sp³-hybridized carbons (Fsp3) is 0.381. The maximum Gasteiger partial charge on any atom is 0.264 e. The van der Waals surface area contributed by atoms with Crippen molar-refractivity contribution < 1.29 is 4.79 Å². The van der Waals surface area contributed by atoms with E-state index in [1.165, 1.54) is 16.9 Å². The number of aromatic amines is 1. The lowest BCUT2D eigenvalue weighted by molar-refractivity contribution is 0.0753. The highest BCUT2D eigenvalue weighted by molar-refractivity contribution is 7.14. The van der Waals surface area contributed by atoms with Gasteiger partial charge >= 0.3 is 0 Å². The molecule has 2 aromatic heterocycles. The van der Waals surface area contributed by atoms with Crippen LogP contribution in [0.5, 0.6) is 0 Å². The topological polar surface area (TPSA) is 66.1 Å². The average Bonchev–Trinajstić information content (AvgIpc) is 3.08. The number of H-pyrrole nitrogens is 1. The van der Waals surface area contributed by atoms with Gasteiger partial charge in [0.15, 0.2) is 0 Å². The number of carbonyl (C=O) groups is 1. The van der Waals surface area contributed by atoms with Gasteiger partial charge in [0.1, 0.15) is 5.82 Å². The van der Waals surface area contributed by atoms with Crippen molar-refractivity contribution in [3.8, 4) is 0 Å². The van der Waals surface area contributed by atoms with Crippen LogP contribution in [-0.2, 0) is 19.4 Å². The smallest absolute Gasteiger partial charge is 0.264 e. The number of thiophene rings is 1. The Hall–Kier alpha value is -2.18. The Bertz CT molecular complexity index is 1100. The third kappa shape index (κ3) is 3.71. The van der Waals surface area contributed by atoms with Crippen LogP contribution in [0.15, 0.2) is 29.1 Å². The molecule has 0 unspecified atom stereocenters. The van der Waals surface area contributed by atoms with Crippen molar-refractivity contribution in [3.05, 3.63) is 60.8 Å². The van der Waals surface area contributed by atoms with Crippen LogP contribution in [0, 0.1) is 5.92 Å². The lowest BCUT2D eigenvalue weighted by atomic mass is 9.90. The summed E-state index contributed by atoms with van der Waals surface area (Å²) in [7, 11) is 0. The zero-order valence-electron chi connectivity index (χ0n) is 15.9. The van der Waals surface area contributed by atoms with Gasteiger partial charge in [-0.25, -0.2) is 4.98 Å². The molecule has 0 spiro atoms. The quantitative estimate of drug-likeness (QED) is 0.685. The third-order valence-electron chi connectivity index (χ3n) is 5.27. The number of amides is 1. The molecular weight excluding hydrogens is 394 g/mol. The Morgan fingerprint density at radius 1 is 1.39 bits per heavy atom. The van der Waals surface area contributed by atoms with Gasteiger partial charge in [0, 0.05) is 16.4 Å². The summed E-state index contributed by atoms with van der Waals surface area (Å²) in [6.45, 7) is 4.99. The molecule has 0 saturated carbocycles. The van der Waals surface area contributed by atoms with Gasteiger partial charge in [-0.15, -0.1) is 11.3 Å². The van der Waals surface area contributed by atoms with Crippen LogP contribution in [0.1, 0.15) is 46.2 Å². The lowest BCUT2D eigenvalue weighted by Crippen LogP contribution is -2.31.